The maximum atomic E-state index is 9.67. The normalized spacial score (nSPS) is 11.6. The quantitative estimate of drug-likeness (QED) is 0.124. The van der Waals surface area contributed by atoms with Gasteiger partial charge in [0, 0.05) is 0 Å². The highest BCUT2D eigenvalue weighted by Gasteiger charge is 2.20. The molecule has 0 aliphatic carbocycles. The first-order chi connectivity index (χ1) is 14.4. The molecular formula is C26H55F3N+. The van der Waals surface area contributed by atoms with Crippen molar-refractivity contribution in [3.8, 4) is 0 Å². The van der Waals surface area contributed by atoms with Gasteiger partial charge in [0.15, 0.2) is 0 Å². The number of nitrogens with zero attached hydrogens (tertiary/aromatic N) is 1. The van der Waals surface area contributed by atoms with Crippen molar-refractivity contribution in [1.29, 1.82) is 0 Å². The number of unbranched alkanes of at least 4 members (excludes halogenated alkanes) is 15. The fourth-order valence-corrected chi connectivity index (χ4v) is 4.16. The Balaban J connectivity index is 0. The van der Waals surface area contributed by atoms with E-state index in [1.165, 1.54) is 140 Å². The Morgan fingerprint density at radius 2 is 0.633 bits per heavy atom. The summed E-state index contributed by atoms with van der Waals surface area (Å²) in [5, 5.41) is 0. The topological polar surface area (TPSA) is 0 Å². The van der Waals surface area contributed by atoms with Gasteiger partial charge in [-0.1, -0.05) is 97.8 Å². The predicted octanol–water partition coefficient (Wildman–Crippen LogP) is 9.69. The molecule has 0 atom stereocenters. The van der Waals surface area contributed by atoms with Crippen molar-refractivity contribution in [1.82, 2.24) is 0 Å². The van der Waals surface area contributed by atoms with Crippen LogP contribution in [0.15, 0.2) is 0 Å². The lowest BCUT2D eigenvalue weighted by atomic mass is 10.1. The molecule has 0 fully saturated rings. The van der Waals surface area contributed by atoms with Crippen LogP contribution in [0, 0.1) is 0 Å². The van der Waals surface area contributed by atoms with Crippen LogP contribution in [-0.2, 0) is 0 Å². The molecule has 0 aromatic rings. The van der Waals surface area contributed by atoms with Crippen molar-refractivity contribution in [3.05, 3.63) is 0 Å². The summed E-state index contributed by atoms with van der Waals surface area (Å²) in [5.41, 5.74) is 0. The lowest BCUT2D eigenvalue weighted by Crippen LogP contribution is -2.46. The Morgan fingerprint density at radius 3 is 0.867 bits per heavy atom. The van der Waals surface area contributed by atoms with Crippen molar-refractivity contribution < 1.29 is 17.7 Å². The third-order valence-electron chi connectivity index (χ3n) is 6.15. The average Bonchev–Trinajstić information content (AvgIpc) is 2.70. The van der Waals surface area contributed by atoms with Gasteiger partial charge in [0.25, 0.3) is 0 Å². The molecule has 0 rings (SSSR count). The second kappa shape index (κ2) is 25.0. The fourth-order valence-electron chi connectivity index (χ4n) is 4.16. The average molecular weight is 439 g/mol. The SMILES string of the molecule is CCCCCCCC[N+](C)(CCCCCCCC)CCCCCCCC.FC(F)F. The van der Waals surface area contributed by atoms with Crippen LogP contribution in [0.2, 0.25) is 0 Å². The van der Waals surface area contributed by atoms with Gasteiger partial charge < -0.3 is 4.48 Å². The fraction of sp³-hybridized carbons (Fsp3) is 1.00. The zero-order valence-corrected chi connectivity index (χ0v) is 21.0. The molecule has 0 aliphatic heterocycles. The van der Waals surface area contributed by atoms with Gasteiger partial charge in [-0.15, -0.1) is 0 Å². The first-order valence-corrected chi connectivity index (χ1v) is 13.2. The highest BCUT2D eigenvalue weighted by Crippen LogP contribution is 2.16. The third kappa shape index (κ3) is 27.8. The summed E-state index contributed by atoms with van der Waals surface area (Å²) in [6, 6.07) is 0. The summed E-state index contributed by atoms with van der Waals surface area (Å²) in [4.78, 5) is 0. The van der Waals surface area contributed by atoms with E-state index in [1.807, 2.05) is 0 Å². The smallest absolute Gasteiger partial charge is 0.326 e. The molecule has 184 valence electrons. The molecule has 1 nitrogen and oxygen atoms in total. The molecule has 0 radical (unpaired) electrons. The van der Waals surface area contributed by atoms with Crippen molar-refractivity contribution in [2.24, 2.45) is 0 Å². The Hall–Kier alpha value is -0.250. The summed E-state index contributed by atoms with van der Waals surface area (Å²) < 4.78 is 30.4. The highest BCUT2D eigenvalue weighted by atomic mass is 19.4. The van der Waals surface area contributed by atoms with E-state index in [1.54, 1.807) is 0 Å². The first kappa shape index (κ1) is 31.9. The van der Waals surface area contributed by atoms with Crippen molar-refractivity contribution in [3.63, 3.8) is 0 Å². The molecule has 0 saturated heterocycles. The van der Waals surface area contributed by atoms with E-state index in [0.29, 0.717) is 0 Å². The second-order valence-electron chi connectivity index (χ2n) is 9.34. The molecule has 0 aliphatic rings. The highest BCUT2D eigenvalue weighted by molar-refractivity contribution is 4.51. The van der Waals surface area contributed by atoms with E-state index >= 15 is 0 Å². The number of rotatable bonds is 21. The maximum absolute atomic E-state index is 9.67. The van der Waals surface area contributed by atoms with E-state index in [9.17, 15) is 13.2 Å². The van der Waals surface area contributed by atoms with Gasteiger partial charge in [-0.25, -0.2) is 0 Å². The summed E-state index contributed by atoms with van der Waals surface area (Å²) >= 11 is 0. The summed E-state index contributed by atoms with van der Waals surface area (Å²) in [6.07, 6.45) is 25.9. The zero-order valence-electron chi connectivity index (χ0n) is 21.0. The molecule has 4 heteroatoms. The predicted molar refractivity (Wildman–Crippen MR) is 128 cm³/mol. The van der Waals surface area contributed by atoms with E-state index in [0.717, 1.165) is 0 Å². The van der Waals surface area contributed by atoms with Gasteiger partial charge in [-0.3, -0.25) is 0 Å². The van der Waals surface area contributed by atoms with Crippen LogP contribution in [0.5, 0.6) is 0 Å². The van der Waals surface area contributed by atoms with E-state index < -0.39 is 6.68 Å². The second-order valence-corrected chi connectivity index (χ2v) is 9.34. The summed E-state index contributed by atoms with van der Waals surface area (Å²) in [5.74, 6) is 0. The van der Waals surface area contributed by atoms with E-state index in [2.05, 4.69) is 27.8 Å². The number of halogens is 3. The number of hydrogen-bond donors (Lipinski definition) is 0. The Bertz CT molecular complexity index is 267. The van der Waals surface area contributed by atoms with Crippen molar-refractivity contribution >= 4 is 0 Å². The minimum Gasteiger partial charge on any atom is -0.326 e. The molecule has 0 aromatic heterocycles. The number of quaternary nitrogens is 1. The molecular weight excluding hydrogens is 383 g/mol. The number of hydrogen-bond acceptors (Lipinski definition) is 0. The summed E-state index contributed by atoms with van der Waals surface area (Å²) in [6.45, 7) is 7.56. The third-order valence-corrected chi connectivity index (χ3v) is 6.15. The molecule has 0 aromatic carbocycles. The van der Waals surface area contributed by atoms with Crippen LogP contribution in [0.3, 0.4) is 0 Å². The van der Waals surface area contributed by atoms with Crippen LogP contribution in [0.1, 0.15) is 136 Å². The molecule has 0 spiro atoms. The molecule has 0 heterocycles. The Labute approximate surface area is 187 Å². The zero-order chi connectivity index (χ0) is 22.9. The molecule has 0 saturated carbocycles. The van der Waals surface area contributed by atoms with E-state index in [-0.39, 0.29) is 0 Å². The van der Waals surface area contributed by atoms with E-state index in [4.69, 9.17) is 0 Å². The number of alkyl halides is 3. The Kier molecular flexibility index (Phi) is 26.6. The minimum atomic E-state index is -3.67. The Morgan fingerprint density at radius 1 is 0.433 bits per heavy atom. The van der Waals surface area contributed by atoms with Gasteiger partial charge >= 0.3 is 6.68 Å². The van der Waals surface area contributed by atoms with Gasteiger partial charge in [0.2, 0.25) is 0 Å². The van der Waals surface area contributed by atoms with Crippen LogP contribution in [0.25, 0.3) is 0 Å². The standard InChI is InChI=1S/C25H54N.CHF3/c1-5-8-11-14-17-20-23-26(4,24-21-18-15-12-9-6-2)25-22-19-16-13-10-7-3;2-1(3)4/h5-25H2,1-4H3;1H/q+1;. The van der Waals surface area contributed by atoms with Crippen LogP contribution in [0.4, 0.5) is 13.2 Å². The molecule has 0 unspecified atom stereocenters. The van der Waals surface area contributed by atoms with Gasteiger partial charge in [-0.05, 0) is 38.5 Å². The van der Waals surface area contributed by atoms with Crippen molar-refractivity contribution in [2.75, 3.05) is 26.7 Å². The van der Waals surface area contributed by atoms with Gasteiger partial charge in [0.1, 0.15) is 0 Å². The largest absolute Gasteiger partial charge is 0.379 e. The van der Waals surface area contributed by atoms with Crippen LogP contribution >= 0.6 is 0 Å². The molecule has 0 amide bonds. The van der Waals surface area contributed by atoms with Gasteiger partial charge in [-0.2, -0.15) is 13.2 Å². The van der Waals surface area contributed by atoms with Crippen LogP contribution in [-0.4, -0.2) is 37.8 Å². The summed E-state index contributed by atoms with van der Waals surface area (Å²) in [7, 11) is 2.56. The maximum Gasteiger partial charge on any atom is 0.379 e. The lowest BCUT2D eigenvalue weighted by Gasteiger charge is -2.35. The molecule has 0 bridgehead atoms. The first-order valence-electron chi connectivity index (χ1n) is 13.2. The minimum absolute atomic E-state index is 1.36. The van der Waals surface area contributed by atoms with Crippen LogP contribution < -0.4 is 0 Å². The van der Waals surface area contributed by atoms with Gasteiger partial charge in [0.05, 0.1) is 26.7 Å². The van der Waals surface area contributed by atoms with Crippen molar-refractivity contribution in [2.45, 2.75) is 143 Å². The molecule has 30 heavy (non-hydrogen) atoms. The lowest BCUT2D eigenvalue weighted by molar-refractivity contribution is -0.910. The molecule has 0 N–H and O–H groups in total. The monoisotopic (exact) mass is 438 g/mol.